The molecule has 0 aromatic heterocycles. The van der Waals surface area contributed by atoms with Crippen LogP contribution in [0.4, 0.5) is 10.1 Å². The maximum Gasteiger partial charge on any atom is 0.290 e. The van der Waals surface area contributed by atoms with Crippen LogP contribution < -0.4 is 11.1 Å². The number of benzene rings is 1. The van der Waals surface area contributed by atoms with Gasteiger partial charge in [0.2, 0.25) is 6.30 Å². The van der Waals surface area contributed by atoms with Crippen molar-refractivity contribution in [2.24, 2.45) is 16.1 Å². The number of aliphatic imine (C=N–C) groups is 1. The SMILES string of the molecule is CC1(C)CC=C(c2cc(C3=C[C@@H]4C=C[C@H](C3)O4)ccc2NC(=O)/C(N)=N/C(F)CC#N)CC1. The summed E-state index contributed by atoms with van der Waals surface area (Å²) in [5.41, 5.74) is 11.0. The Bertz CT molecular complexity index is 1110. The summed E-state index contributed by atoms with van der Waals surface area (Å²) in [6.45, 7) is 4.50. The van der Waals surface area contributed by atoms with Crippen LogP contribution in [0.2, 0.25) is 0 Å². The molecule has 3 N–H and O–H groups in total. The highest BCUT2D eigenvalue weighted by Gasteiger charge is 2.27. The lowest BCUT2D eigenvalue weighted by atomic mass is 9.76. The van der Waals surface area contributed by atoms with Gasteiger partial charge in [0.05, 0.1) is 24.7 Å². The third-order valence-corrected chi connectivity index (χ3v) is 6.36. The molecule has 2 heterocycles. The average Bonchev–Trinajstić information content (AvgIpc) is 3.11. The van der Waals surface area contributed by atoms with Crippen LogP contribution in [0.3, 0.4) is 0 Å². The number of anilines is 1. The second kappa shape index (κ2) is 9.32. The van der Waals surface area contributed by atoms with E-state index >= 15 is 0 Å². The molecule has 4 rings (SSSR count). The average molecular weight is 449 g/mol. The van der Waals surface area contributed by atoms with E-state index < -0.39 is 24.5 Å². The number of amidine groups is 1. The minimum absolute atomic E-state index is 0.00865. The number of nitrogens with zero attached hydrogens (tertiary/aromatic N) is 2. The van der Waals surface area contributed by atoms with E-state index in [0.717, 1.165) is 36.8 Å². The number of fused-ring (bicyclic) bond motifs is 2. The van der Waals surface area contributed by atoms with Crippen LogP contribution in [-0.2, 0) is 9.53 Å². The monoisotopic (exact) mass is 448 g/mol. The van der Waals surface area contributed by atoms with Crippen molar-refractivity contribution in [3.05, 3.63) is 53.6 Å². The van der Waals surface area contributed by atoms with Crippen molar-refractivity contribution in [1.29, 1.82) is 5.26 Å². The summed E-state index contributed by atoms with van der Waals surface area (Å²) in [7, 11) is 0. The maximum absolute atomic E-state index is 13.6. The van der Waals surface area contributed by atoms with Gasteiger partial charge in [0.25, 0.3) is 5.91 Å². The Labute approximate surface area is 193 Å². The van der Waals surface area contributed by atoms with E-state index in [2.05, 4.69) is 54.5 Å². The summed E-state index contributed by atoms with van der Waals surface area (Å²) >= 11 is 0. The number of carbonyl (C=O) groups is 1. The number of hydrogen-bond acceptors (Lipinski definition) is 4. The second-order valence-corrected chi connectivity index (χ2v) is 9.54. The zero-order valence-electron chi connectivity index (χ0n) is 19.0. The van der Waals surface area contributed by atoms with E-state index in [0.29, 0.717) is 5.69 Å². The van der Waals surface area contributed by atoms with Gasteiger partial charge in [-0.25, -0.2) is 9.38 Å². The number of nitrogens with two attached hydrogens (primary N) is 1. The van der Waals surface area contributed by atoms with Crippen molar-refractivity contribution >= 4 is 28.6 Å². The first-order chi connectivity index (χ1) is 15.7. The molecule has 2 aliphatic heterocycles. The molecule has 1 amide bonds. The van der Waals surface area contributed by atoms with E-state index in [9.17, 15) is 9.18 Å². The van der Waals surface area contributed by atoms with Gasteiger partial charge in [-0.15, -0.1) is 0 Å². The molecule has 0 radical (unpaired) electrons. The third-order valence-electron chi connectivity index (χ3n) is 6.36. The van der Waals surface area contributed by atoms with Crippen LogP contribution in [0.15, 0.2) is 47.5 Å². The lowest BCUT2D eigenvalue weighted by Crippen LogP contribution is -2.31. The number of allylic oxidation sites excluding steroid dienone is 2. The lowest BCUT2D eigenvalue weighted by Gasteiger charge is -2.30. The number of amides is 1. The van der Waals surface area contributed by atoms with E-state index in [4.69, 9.17) is 15.7 Å². The first-order valence-electron chi connectivity index (χ1n) is 11.3. The van der Waals surface area contributed by atoms with Crippen molar-refractivity contribution in [2.45, 2.75) is 64.5 Å². The normalized spacial score (nSPS) is 24.5. The summed E-state index contributed by atoms with van der Waals surface area (Å²) in [6, 6.07) is 7.62. The van der Waals surface area contributed by atoms with Crippen LogP contribution in [-0.4, -0.2) is 30.2 Å². The number of rotatable bonds is 5. The van der Waals surface area contributed by atoms with Gasteiger partial charge in [-0.2, -0.15) is 5.26 Å². The maximum atomic E-state index is 13.6. The molecule has 0 saturated heterocycles. The Hall–Kier alpha value is -3.24. The molecule has 1 unspecified atom stereocenters. The van der Waals surface area contributed by atoms with Gasteiger partial charge in [0.15, 0.2) is 5.84 Å². The van der Waals surface area contributed by atoms with Crippen LogP contribution in [0.25, 0.3) is 11.1 Å². The summed E-state index contributed by atoms with van der Waals surface area (Å²) < 4.78 is 19.5. The summed E-state index contributed by atoms with van der Waals surface area (Å²) in [5, 5.41) is 11.4. The lowest BCUT2D eigenvalue weighted by molar-refractivity contribution is -0.110. The number of hydrogen-bond donors (Lipinski definition) is 2. The number of alkyl halides is 1. The Morgan fingerprint density at radius 1 is 1.39 bits per heavy atom. The van der Waals surface area contributed by atoms with Crippen LogP contribution in [0.5, 0.6) is 0 Å². The third kappa shape index (κ3) is 5.40. The smallest absolute Gasteiger partial charge is 0.290 e. The first kappa shape index (κ1) is 22.9. The van der Waals surface area contributed by atoms with Crippen molar-refractivity contribution < 1.29 is 13.9 Å². The molecule has 7 heteroatoms. The largest absolute Gasteiger partial charge is 0.379 e. The molecule has 0 spiro atoms. The van der Waals surface area contributed by atoms with Gasteiger partial charge in [0.1, 0.15) is 0 Å². The van der Waals surface area contributed by atoms with E-state index in [1.165, 1.54) is 11.1 Å². The molecular formula is C26H29FN4O2. The Balaban J connectivity index is 1.64. The van der Waals surface area contributed by atoms with Gasteiger partial charge < -0.3 is 15.8 Å². The first-order valence-corrected chi connectivity index (χ1v) is 11.3. The van der Waals surface area contributed by atoms with Crippen LogP contribution in [0, 0.1) is 16.7 Å². The van der Waals surface area contributed by atoms with Gasteiger partial charge >= 0.3 is 0 Å². The number of nitriles is 1. The molecule has 1 aromatic carbocycles. The van der Waals surface area contributed by atoms with Gasteiger partial charge in [0, 0.05) is 17.7 Å². The van der Waals surface area contributed by atoms with Gasteiger partial charge in [-0.1, -0.05) is 38.1 Å². The fourth-order valence-corrected chi connectivity index (χ4v) is 4.39. The number of nitrogens with one attached hydrogen (secondary N) is 1. The highest BCUT2D eigenvalue weighted by atomic mass is 19.1. The molecule has 2 bridgehead atoms. The summed E-state index contributed by atoms with van der Waals surface area (Å²) in [4.78, 5) is 16.1. The molecule has 3 aliphatic rings. The predicted octanol–water partition coefficient (Wildman–Crippen LogP) is 4.90. The molecule has 0 fully saturated rings. The predicted molar refractivity (Wildman–Crippen MR) is 128 cm³/mol. The van der Waals surface area contributed by atoms with Crippen molar-refractivity contribution in [3.63, 3.8) is 0 Å². The highest BCUT2D eigenvalue weighted by Crippen LogP contribution is 2.41. The topological polar surface area (TPSA) is 100 Å². The fraction of sp³-hybridized carbons (Fsp3) is 0.423. The molecule has 172 valence electrons. The zero-order chi connectivity index (χ0) is 23.6. The summed E-state index contributed by atoms with van der Waals surface area (Å²) in [6.07, 6.45) is 10.1. The molecular weight excluding hydrogens is 419 g/mol. The second-order valence-electron chi connectivity index (χ2n) is 9.54. The molecule has 33 heavy (non-hydrogen) atoms. The molecule has 1 aliphatic carbocycles. The minimum Gasteiger partial charge on any atom is -0.379 e. The standard InChI is InChI=1S/C26H29FN4O2/c1-26(2)10-7-16(8-11-26)21-15-17(18-13-19-4-5-20(14-18)33-19)3-6-22(21)30-25(32)24(29)31-23(27)9-12-28/h3-7,13,15,19-20,23H,8-11,14H2,1-2H3,(H2,29,31)(H,30,32)/t19-,20+,23?/m0/s1. The Kier molecular flexibility index (Phi) is 6.48. The quantitative estimate of drug-likeness (QED) is 0.290. The summed E-state index contributed by atoms with van der Waals surface area (Å²) in [5.74, 6) is -1.17. The van der Waals surface area contributed by atoms with E-state index in [1.807, 2.05) is 12.1 Å². The van der Waals surface area contributed by atoms with Crippen LogP contribution >= 0.6 is 0 Å². The number of halogens is 1. The Morgan fingerprint density at radius 2 is 2.21 bits per heavy atom. The van der Waals surface area contributed by atoms with Crippen molar-refractivity contribution in [1.82, 2.24) is 0 Å². The van der Waals surface area contributed by atoms with Crippen molar-refractivity contribution in [2.75, 3.05) is 5.32 Å². The fourth-order valence-electron chi connectivity index (χ4n) is 4.39. The number of ether oxygens (including phenoxy) is 1. The molecule has 0 saturated carbocycles. The van der Waals surface area contributed by atoms with E-state index in [1.54, 1.807) is 6.07 Å². The van der Waals surface area contributed by atoms with Crippen molar-refractivity contribution in [3.8, 4) is 6.07 Å². The zero-order valence-corrected chi connectivity index (χ0v) is 19.0. The molecule has 6 nitrogen and oxygen atoms in total. The number of carbonyl (C=O) groups excluding carboxylic acids is 1. The Morgan fingerprint density at radius 3 is 2.91 bits per heavy atom. The molecule has 1 aromatic rings. The van der Waals surface area contributed by atoms with Crippen LogP contribution in [0.1, 0.15) is 57.1 Å². The molecule has 3 atom stereocenters. The van der Waals surface area contributed by atoms with E-state index in [-0.39, 0.29) is 17.6 Å². The van der Waals surface area contributed by atoms with Gasteiger partial charge in [-0.05, 0) is 59.6 Å². The highest BCUT2D eigenvalue weighted by molar-refractivity contribution is 6.41. The van der Waals surface area contributed by atoms with Gasteiger partial charge in [-0.3, -0.25) is 4.79 Å². The minimum atomic E-state index is -1.82.